The minimum absolute atomic E-state index is 0.155. The molecule has 4 rings (SSSR count). The number of nitrogens with two attached hydrogens (primary N) is 1. The van der Waals surface area contributed by atoms with Crippen LogP contribution in [-0.4, -0.2) is 24.5 Å². The summed E-state index contributed by atoms with van der Waals surface area (Å²) in [4.78, 5) is 4.40. The molecule has 6 nitrogen and oxygen atoms in total. The highest BCUT2D eigenvalue weighted by molar-refractivity contribution is 6.00. The Morgan fingerprint density at radius 1 is 1.13 bits per heavy atom. The second-order valence-electron chi connectivity index (χ2n) is 7.39. The second-order valence-corrected chi connectivity index (χ2v) is 7.39. The van der Waals surface area contributed by atoms with Crippen molar-refractivity contribution in [3.63, 3.8) is 0 Å². The summed E-state index contributed by atoms with van der Waals surface area (Å²) in [6.07, 6.45) is 6.96. The summed E-state index contributed by atoms with van der Waals surface area (Å²) in [7, 11) is 0. The summed E-state index contributed by atoms with van der Waals surface area (Å²) >= 11 is 0. The average molecular weight is 314 g/mol. The Morgan fingerprint density at radius 3 is 2.30 bits per heavy atom. The molecule has 23 heavy (non-hydrogen) atoms. The first-order valence-corrected chi connectivity index (χ1v) is 8.56. The summed E-state index contributed by atoms with van der Waals surface area (Å²) in [5, 5.41) is 20.2. The third kappa shape index (κ3) is 1.31. The molecule has 6 heteroatoms. The number of hydrogen-bond acceptors (Lipinski definition) is 6. The van der Waals surface area contributed by atoms with Gasteiger partial charge in [-0.3, -0.25) is 0 Å². The highest BCUT2D eigenvalue weighted by atomic mass is 16.8. The molecule has 2 aliphatic carbocycles. The first-order chi connectivity index (χ1) is 11.1. The Bertz CT molecular complexity index is 654. The quantitative estimate of drug-likeness (QED) is 0.738. The van der Waals surface area contributed by atoms with Crippen LogP contribution in [0, 0.1) is 38.9 Å². The standard InChI is InChI=1S/C17H22N4O2/c1-12-9-22-17(23-12)16(11-19)14(7-5-3-2-4-6-8-14)15(16,10-18)13(20)21-17/h12H,2-9H2,1H3,(H2,20,21)/t12-,15+,16-,17+/m1/s1. The maximum atomic E-state index is 10.2. The van der Waals surface area contributed by atoms with Gasteiger partial charge in [0.1, 0.15) is 11.3 Å². The Labute approximate surface area is 136 Å². The molecule has 4 aliphatic rings. The fourth-order valence-corrected chi connectivity index (χ4v) is 5.59. The van der Waals surface area contributed by atoms with E-state index in [1.807, 2.05) is 6.92 Å². The number of ether oxygens (including phenoxy) is 2. The molecule has 0 radical (unpaired) electrons. The lowest BCUT2D eigenvalue weighted by Crippen LogP contribution is -2.42. The highest BCUT2D eigenvalue weighted by Gasteiger charge is 3.00. The summed E-state index contributed by atoms with van der Waals surface area (Å²) in [5.41, 5.74) is 3.59. The van der Waals surface area contributed by atoms with E-state index in [0.29, 0.717) is 6.61 Å². The fraction of sp³-hybridized carbons (Fsp3) is 0.824. The molecule has 2 aliphatic heterocycles. The van der Waals surface area contributed by atoms with Crippen molar-refractivity contribution in [2.45, 2.75) is 63.9 Å². The van der Waals surface area contributed by atoms with Crippen LogP contribution in [-0.2, 0) is 9.47 Å². The number of fused-ring (bicyclic) bond motifs is 4. The number of rotatable bonds is 0. The second kappa shape index (κ2) is 4.47. The molecule has 0 aromatic rings. The van der Waals surface area contributed by atoms with E-state index in [-0.39, 0.29) is 11.9 Å². The van der Waals surface area contributed by atoms with Crippen LogP contribution in [0.1, 0.15) is 51.9 Å². The fourth-order valence-electron chi connectivity index (χ4n) is 5.59. The lowest BCUT2D eigenvalue weighted by atomic mass is 9.78. The van der Waals surface area contributed by atoms with E-state index < -0.39 is 22.2 Å². The predicted molar refractivity (Wildman–Crippen MR) is 81.7 cm³/mol. The first-order valence-electron chi connectivity index (χ1n) is 8.56. The molecule has 0 unspecified atom stereocenters. The topological polar surface area (TPSA) is 104 Å². The minimum atomic E-state index is -1.39. The lowest BCUT2D eigenvalue weighted by Gasteiger charge is -2.32. The van der Waals surface area contributed by atoms with E-state index in [4.69, 9.17) is 15.2 Å². The van der Waals surface area contributed by atoms with Gasteiger partial charge in [0.25, 0.3) is 5.91 Å². The van der Waals surface area contributed by atoms with Crippen molar-refractivity contribution in [1.29, 1.82) is 10.5 Å². The predicted octanol–water partition coefficient (Wildman–Crippen LogP) is 2.21. The minimum Gasteiger partial charge on any atom is -0.386 e. The maximum absolute atomic E-state index is 10.2. The van der Waals surface area contributed by atoms with Crippen LogP contribution in [0.25, 0.3) is 0 Å². The van der Waals surface area contributed by atoms with Crippen LogP contribution in [0.4, 0.5) is 0 Å². The molecule has 1 saturated heterocycles. The van der Waals surface area contributed by atoms with Gasteiger partial charge < -0.3 is 15.2 Å². The Morgan fingerprint density at radius 2 is 1.78 bits per heavy atom. The third-order valence-electron chi connectivity index (χ3n) is 6.48. The zero-order chi connectivity index (χ0) is 16.3. The van der Waals surface area contributed by atoms with E-state index in [9.17, 15) is 10.5 Å². The summed E-state index contributed by atoms with van der Waals surface area (Å²) in [6.45, 7) is 2.27. The van der Waals surface area contributed by atoms with Crippen molar-refractivity contribution >= 4 is 5.84 Å². The SMILES string of the molecule is C[C@@H]1CO[C@]2(N=C(N)[C@@]3(C#N)C4(CCCCCCC4)[C@@]23C#N)O1. The van der Waals surface area contributed by atoms with Crippen LogP contribution in [0.5, 0.6) is 0 Å². The Balaban J connectivity index is 1.88. The van der Waals surface area contributed by atoms with Crippen LogP contribution in [0.3, 0.4) is 0 Å². The first kappa shape index (κ1) is 14.9. The summed E-state index contributed by atoms with van der Waals surface area (Å²) in [6, 6.07) is 4.82. The van der Waals surface area contributed by atoms with Gasteiger partial charge in [-0.25, -0.2) is 4.99 Å². The van der Waals surface area contributed by atoms with Crippen molar-refractivity contribution in [2.24, 2.45) is 27.0 Å². The van der Waals surface area contributed by atoms with Gasteiger partial charge in [-0.1, -0.05) is 32.1 Å². The number of amidine groups is 1. The third-order valence-corrected chi connectivity index (χ3v) is 6.48. The van der Waals surface area contributed by atoms with Crippen molar-refractivity contribution in [3.8, 4) is 12.1 Å². The molecular formula is C17H22N4O2. The van der Waals surface area contributed by atoms with Crippen molar-refractivity contribution in [3.05, 3.63) is 0 Å². The smallest absolute Gasteiger partial charge is 0.293 e. The summed E-state index contributed by atoms with van der Waals surface area (Å²) < 4.78 is 11.9. The molecule has 122 valence electrons. The molecule has 3 fully saturated rings. The van der Waals surface area contributed by atoms with Gasteiger partial charge in [0, 0.05) is 5.41 Å². The van der Waals surface area contributed by atoms with Crippen molar-refractivity contribution in [1.82, 2.24) is 0 Å². The molecule has 2 saturated carbocycles. The molecule has 0 aromatic heterocycles. The largest absolute Gasteiger partial charge is 0.386 e. The molecule has 2 spiro atoms. The lowest BCUT2D eigenvalue weighted by molar-refractivity contribution is -0.201. The van der Waals surface area contributed by atoms with E-state index in [1.54, 1.807) is 0 Å². The zero-order valence-corrected chi connectivity index (χ0v) is 13.5. The van der Waals surface area contributed by atoms with Gasteiger partial charge in [-0.05, 0) is 19.8 Å². The number of nitriles is 2. The molecule has 0 aromatic carbocycles. The van der Waals surface area contributed by atoms with Crippen LogP contribution in [0.2, 0.25) is 0 Å². The molecule has 0 bridgehead atoms. The van der Waals surface area contributed by atoms with Crippen molar-refractivity contribution < 1.29 is 9.47 Å². The highest BCUT2D eigenvalue weighted by Crippen LogP contribution is 2.88. The Hall–Kier alpha value is -1.63. The molecule has 2 N–H and O–H groups in total. The van der Waals surface area contributed by atoms with Gasteiger partial charge in [0.2, 0.25) is 0 Å². The van der Waals surface area contributed by atoms with Crippen LogP contribution < -0.4 is 5.73 Å². The zero-order valence-electron chi connectivity index (χ0n) is 13.5. The molecule has 0 amide bonds. The van der Waals surface area contributed by atoms with E-state index in [1.165, 1.54) is 6.42 Å². The van der Waals surface area contributed by atoms with Crippen molar-refractivity contribution in [2.75, 3.05) is 6.61 Å². The monoisotopic (exact) mass is 314 g/mol. The number of nitrogens with zero attached hydrogens (tertiary/aromatic N) is 3. The van der Waals surface area contributed by atoms with Gasteiger partial charge in [-0.2, -0.15) is 10.5 Å². The normalized spacial score (nSPS) is 47.3. The van der Waals surface area contributed by atoms with Crippen LogP contribution in [0.15, 0.2) is 4.99 Å². The molecular weight excluding hydrogens is 292 g/mol. The maximum Gasteiger partial charge on any atom is 0.293 e. The Kier molecular flexibility index (Phi) is 2.90. The number of aliphatic imine (C=N–C) groups is 1. The van der Waals surface area contributed by atoms with E-state index in [0.717, 1.165) is 38.5 Å². The van der Waals surface area contributed by atoms with Gasteiger partial charge >= 0.3 is 0 Å². The van der Waals surface area contributed by atoms with Crippen LogP contribution >= 0.6 is 0 Å². The van der Waals surface area contributed by atoms with E-state index >= 15 is 0 Å². The molecule has 2 heterocycles. The average Bonchev–Trinajstić information content (AvgIpc) is 2.69. The molecule has 4 atom stereocenters. The van der Waals surface area contributed by atoms with Gasteiger partial charge in [0.15, 0.2) is 5.41 Å². The van der Waals surface area contributed by atoms with Gasteiger partial charge in [-0.15, -0.1) is 0 Å². The van der Waals surface area contributed by atoms with E-state index in [2.05, 4.69) is 17.1 Å². The summed E-state index contributed by atoms with van der Waals surface area (Å²) in [5.74, 6) is -1.16. The number of hydrogen-bond donors (Lipinski definition) is 1. The van der Waals surface area contributed by atoms with Gasteiger partial charge in [0.05, 0.1) is 24.8 Å².